The third-order valence-corrected chi connectivity index (χ3v) is 3.38. The molecule has 1 aliphatic carbocycles. The summed E-state index contributed by atoms with van der Waals surface area (Å²) in [6.45, 7) is 2.02. The number of hydrogen-bond donors (Lipinski definition) is 1. The number of rotatable bonds is 2. The molecule has 1 aliphatic rings. The molecule has 1 aromatic carbocycles. The van der Waals surface area contributed by atoms with E-state index in [1.807, 2.05) is 19.1 Å². The van der Waals surface area contributed by atoms with Gasteiger partial charge in [0.25, 0.3) is 0 Å². The Morgan fingerprint density at radius 1 is 1.57 bits per heavy atom. The van der Waals surface area contributed by atoms with Crippen LogP contribution in [0.5, 0.6) is 0 Å². The lowest BCUT2D eigenvalue weighted by Crippen LogP contribution is -1.99. The minimum atomic E-state index is -0.677. The van der Waals surface area contributed by atoms with Crippen molar-refractivity contribution in [3.8, 4) is 0 Å². The van der Waals surface area contributed by atoms with Gasteiger partial charge >= 0.3 is 5.97 Å². The molecular weight excluding hydrogens is 244 g/mol. The summed E-state index contributed by atoms with van der Waals surface area (Å²) in [7, 11) is 0. The Hall–Kier alpha value is -0.830. The van der Waals surface area contributed by atoms with Crippen molar-refractivity contribution in [3.63, 3.8) is 0 Å². The number of aryl methyl sites for hydroxylation is 1. The topological polar surface area (TPSA) is 37.3 Å². The highest BCUT2D eigenvalue weighted by Gasteiger charge is 2.44. The first-order valence-electron chi connectivity index (χ1n) is 4.58. The zero-order valence-electron chi connectivity index (χ0n) is 7.83. The maximum Gasteiger partial charge on any atom is 0.307 e. The molecule has 1 N–H and O–H groups in total. The SMILES string of the molecule is Cc1ccc(Br)c(C2CC2C(=O)O)c1. The molecule has 2 rings (SSSR count). The van der Waals surface area contributed by atoms with E-state index in [1.165, 1.54) is 5.56 Å². The van der Waals surface area contributed by atoms with Crippen LogP contribution in [0, 0.1) is 12.8 Å². The van der Waals surface area contributed by atoms with Crippen molar-refractivity contribution in [3.05, 3.63) is 33.8 Å². The average Bonchev–Trinajstić information content (AvgIpc) is 2.88. The zero-order valence-corrected chi connectivity index (χ0v) is 9.41. The summed E-state index contributed by atoms with van der Waals surface area (Å²) in [5.74, 6) is -0.640. The van der Waals surface area contributed by atoms with Gasteiger partial charge in [-0.25, -0.2) is 0 Å². The molecule has 1 aromatic rings. The number of benzene rings is 1. The van der Waals surface area contributed by atoms with Crippen molar-refractivity contribution < 1.29 is 9.90 Å². The van der Waals surface area contributed by atoms with Gasteiger partial charge in [0.05, 0.1) is 5.92 Å². The fourth-order valence-electron chi connectivity index (χ4n) is 1.76. The van der Waals surface area contributed by atoms with E-state index >= 15 is 0 Å². The molecule has 1 saturated carbocycles. The third-order valence-electron chi connectivity index (χ3n) is 2.66. The van der Waals surface area contributed by atoms with Gasteiger partial charge in [0.2, 0.25) is 0 Å². The summed E-state index contributed by atoms with van der Waals surface area (Å²) in [4.78, 5) is 10.7. The molecule has 0 bridgehead atoms. The van der Waals surface area contributed by atoms with Crippen molar-refractivity contribution in [2.45, 2.75) is 19.3 Å². The van der Waals surface area contributed by atoms with Gasteiger partial charge in [-0.3, -0.25) is 4.79 Å². The Kier molecular flexibility index (Phi) is 2.35. The first-order chi connectivity index (χ1) is 6.59. The maximum atomic E-state index is 10.7. The maximum absolute atomic E-state index is 10.7. The Balaban J connectivity index is 2.26. The monoisotopic (exact) mass is 254 g/mol. The predicted molar refractivity (Wildman–Crippen MR) is 57.4 cm³/mol. The Bertz CT molecular complexity index is 387. The molecule has 74 valence electrons. The number of carboxylic acid groups (broad SMARTS) is 1. The minimum absolute atomic E-state index is 0.173. The minimum Gasteiger partial charge on any atom is -0.481 e. The summed E-state index contributed by atoms with van der Waals surface area (Å²) in [6.07, 6.45) is 0.775. The molecular formula is C11H11BrO2. The van der Waals surface area contributed by atoms with Gasteiger partial charge < -0.3 is 5.11 Å². The Morgan fingerprint density at radius 3 is 2.86 bits per heavy atom. The van der Waals surface area contributed by atoms with Crippen LogP contribution in [0.15, 0.2) is 22.7 Å². The second kappa shape index (κ2) is 3.39. The second-order valence-electron chi connectivity index (χ2n) is 3.81. The molecule has 0 heterocycles. The van der Waals surface area contributed by atoms with Crippen molar-refractivity contribution >= 4 is 21.9 Å². The van der Waals surface area contributed by atoms with Crippen LogP contribution < -0.4 is 0 Å². The fraction of sp³-hybridized carbons (Fsp3) is 0.364. The zero-order chi connectivity index (χ0) is 10.3. The van der Waals surface area contributed by atoms with Gasteiger partial charge in [-0.05, 0) is 30.9 Å². The molecule has 0 saturated heterocycles. The highest BCUT2D eigenvalue weighted by atomic mass is 79.9. The van der Waals surface area contributed by atoms with E-state index in [4.69, 9.17) is 5.11 Å². The summed E-state index contributed by atoms with van der Waals surface area (Å²) in [5.41, 5.74) is 2.32. The van der Waals surface area contributed by atoms with Gasteiger partial charge in [-0.1, -0.05) is 33.6 Å². The first-order valence-corrected chi connectivity index (χ1v) is 5.37. The Labute approximate surface area is 91.1 Å². The highest BCUT2D eigenvalue weighted by molar-refractivity contribution is 9.10. The van der Waals surface area contributed by atoms with E-state index in [1.54, 1.807) is 0 Å². The van der Waals surface area contributed by atoms with Crippen LogP contribution in [-0.4, -0.2) is 11.1 Å². The fourth-order valence-corrected chi connectivity index (χ4v) is 2.30. The van der Waals surface area contributed by atoms with E-state index in [9.17, 15) is 4.79 Å². The van der Waals surface area contributed by atoms with Crippen LogP contribution in [0.1, 0.15) is 23.5 Å². The summed E-state index contributed by atoms with van der Waals surface area (Å²) in [6, 6.07) is 6.07. The lowest BCUT2D eigenvalue weighted by Gasteiger charge is -2.03. The smallest absolute Gasteiger partial charge is 0.307 e. The summed E-state index contributed by atoms with van der Waals surface area (Å²) in [5, 5.41) is 8.83. The molecule has 0 aliphatic heterocycles. The van der Waals surface area contributed by atoms with Crippen molar-refractivity contribution in [2.24, 2.45) is 5.92 Å². The molecule has 2 unspecified atom stereocenters. The lowest BCUT2D eigenvalue weighted by atomic mass is 10.1. The molecule has 1 fully saturated rings. The van der Waals surface area contributed by atoms with E-state index < -0.39 is 5.97 Å². The highest BCUT2D eigenvalue weighted by Crippen LogP contribution is 2.49. The molecule has 3 heteroatoms. The van der Waals surface area contributed by atoms with Gasteiger partial charge in [-0.15, -0.1) is 0 Å². The van der Waals surface area contributed by atoms with Crippen molar-refractivity contribution in [1.29, 1.82) is 0 Å². The van der Waals surface area contributed by atoms with E-state index in [2.05, 4.69) is 22.0 Å². The second-order valence-corrected chi connectivity index (χ2v) is 4.67. The van der Waals surface area contributed by atoms with E-state index in [-0.39, 0.29) is 11.8 Å². The van der Waals surface area contributed by atoms with Crippen LogP contribution in [0.2, 0.25) is 0 Å². The number of halogens is 1. The van der Waals surface area contributed by atoms with Crippen LogP contribution in [0.4, 0.5) is 0 Å². The molecule has 0 radical (unpaired) electrons. The predicted octanol–water partition coefficient (Wildman–Crippen LogP) is 2.95. The van der Waals surface area contributed by atoms with Crippen molar-refractivity contribution in [2.75, 3.05) is 0 Å². The Morgan fingerprint density at radius 2 is 2.29 bits per heavy atom. The van der Waals surface area contributed by atoms with Crippen LogP contribution in [0.25, 0.3) is 0 Å². The average molecular weight is 255 g/mol. The number of carbonyl (C=O) groups is 1. The molecule has 14 heavy (non-hydrogen) atoms. The normalized spacial score (nSPS) is 24.7. The largest absolute Gasteiger partial charge is 0.481 e. The molecule has 2 atom stereocenters. The number of aliphatic carboxylic acids is 1. The van der Waals surface area contributed by atoms with Gasteiger partial charge in [0.15, 0.2) is 0 Å². The van der Waals surface area contributed by atoms with E-state index in [0.717, 1.165) is 16.5 Å². The van der Waals surface area contributed by atoms with Gasteiger partial charge in [0.1, 0.15) is 0 Å². The first kappa shape index (κ1) is 9.71. The van der Waals surface area contributed by atoms with Crippen LogP contribution >= 0.6 is 15.9 Å². The summed E-state index contributed by atoms with van der Waals surface area (Å²) < 4.78 is 1.02. The standard InChI is InChI=1S/C11H11BrO2/c1-6-2-3-10(12)8(4-6)7-5-9(7)11(13)14/h2-4,7,9H,5H2,1H3,(H,13,14). The molecule has 2 nitrogen and oxygen atoms in total. The quantitative estimate of drug-likeness (QED) is 0.882. The molecule has 0 spiro atoms. The number of hydrogen-bond acceptors (Lipinski definition) is 1. The number of carboxylic acids is 1. The van der Waals surface area contributed by atoms with Crippen LogP contribution in [-0.2, 0) is 4.79 Å². The summed E-state index contributed by atoms with van der Waals surface area (Å²) >= 11 is 3.45. The van der Waals surface area contributed by atoms with Crippen molar-refractivity contribution in [1.82, 2.24) is 0 Å². The van der Waals surface area contributed by atoms with Gasteiger partial charge in [0, 0.05) is 4.47 Å². The lowest BCUT2D eigenvalue weighted by molar-refractivity contribution is -0.138. The van der Waals surface area contributed by atoms with Gasteiger partial charge in [-0.2, -0.15) is 0 Å². The third kappa shape index (κ3) is 1.69. The molecule has 0 amide bonds. The van der Waals surface area contributed by atoms with E-state index in [0.29, 0.717) is 0 Å². The molecule has 0 aromatic heterocycles. The van der Waals surface area contributed by atoms with Crippen LogP contribution in [0.3, 0.4) is 0 Å².